The summed E-state index contributed by atoms with van der Waals surface area (Å²) in [6.45, 7) is -4.12. The first kappa shape index (κ1) is 71.5. The molecule has 0 bridgehead atoms. The van der Waals surface area contributed by atoms with E-state index in [1.807, 2.05) is 0 Å². The third-order valence-electron chi connectivity index (χ3n) is 15.7. The number of nitrogens with one attached hydrogen (secondary N) is 3. The van der Waals surface area contributed by atoms with Crippen LogP contribution in [0.25, 0.3) is 0 Å². The Labute approximate surface area is 492 Å². The summed E-state index contributed by atoms with van der Waals surface area (Å²) >= 11 is 0. The fourth-order valence-electron chi connectivity index (χ4n) is 11.1. The van der Waals surface area contributed by atoms with E-state index in [1.54, 1.807) is 0 Å². The highest BCUT2D eigenvalue weighted by atomic mass is 16.8. The molecular weight excluding hydrogens is 1190 g/mol. The average Bonchev–Trinajstić information content (AvgIpc) is 1.41. The van der Waals surface area contributed by atoms with Crippen LogP contribution < -0.4 is 16.0 Å². The molecular formula is C48H81N3O36. The number of rotatable bonds is 22. The predicted octanol–water partition coefficient (Wildman–Crippen LogP) is -15.8. The summed E-state index contributed by atoms with van der Waals surface area (Å²) in [6, 6.07) is -5.15. The van der Waals surface area contributed by atoms with Gasteiger partial charge in [-0.05, 0) is 0 Å². The van der Waals surface area contributed by atoms with Crippen LogP contribution in [0.2, 0.25) is 0 Å². The van der Waals surface area contributed by atoms with Gasteiger partial charge in [0.15, 0.2) is 44.0 Å². The second kappa shape index (κ2) is 31.1. The lowest BCUT2D eigenvalue weighted by Gasteiger charge is -2.51. The fourth-order valence-corrected chi connectivity index (χ4v) is 11.1. The molecule has 35 atom stereocenters. The number of ether oxygens (including phenoxy) is 13. The number of aliphatic hydroxyl groups is 20. The zero-order chi connectivity index (χ0) is 64.2. The van der Waals surface area contributed by atoms with Crippen molar-refractivity contribution < 1.29 is 178 Å². The second-order valence-electron chi connectivity index (χ2n) is 21.8. The van der Waals surface area contributed by atoms with Crippen molar-refractivity contribution in [3.8, 4) is 0 Å². The highest BCUT2D eigenvalue weighted by Gasteiger charge is 2.59. The lowest BCUT2D eigenvalue weighted by Crippen LogP contribution is -2.70. The maximum Gasteiger partial charge on any atom is 0.217 e. The summed E-state index contributed by atoms with van der Waals surface area (Å²) in [6.07, 6.45) is -64.0. The van der Waals surface area contributed by atoms with Crippen molar-refractivity contribution in [2.75, 3.05) is 46.2 Å². The van der Waals surface area contributed by atoms with Crippen molar-refractivity contribution >= 4 is 17.7 Å². The minimum atomic E-state index is -2.44. The molecule has 0 aromatic heterocycles. The third-order valence-corrected chi connectivity index (χ3v) is 15.7. The Bertz CT molecular complexity index is 2190. The minimum absolute atomic E-state index is 0.749. The molecule has 7 rings (SSSR count). The molecule has 0 radical (unpaired) electrons. The Morgan fingerprint density at radius 3 is 1.14 bits per heavy atom. The Kier molecular flexibility index (Phi) is 25.6. The number of hydrogen-bond acceptors (Lipinski definition) is 36. The van der Waals surface area contributed by atoms with Gasteiger partial charge in [0.25, 0.3) is 0 Å². The van der Waals surface area contributed by atoms with Gasteiger partial charge >= 0.3 is 0 Å². The third kappa shape index (κ3) is 15.8. The van der Waals surface area contributed by atoms with Crippen LogP contribution >= 0.6 is 0 Å². The molecule has 0 aromatic rings. The van der Waals surface area contributed by atoms with Gasteiger partial charge in [0.05, 0.1) is 46.2 Å². The molecule has 87 heavy (non-hydrogen) atoms. The number of carbonyl (C=O) groups is 3. The van der Waals surface area contributed by atoms with Gasteiger partial charge in [-0.15, -0.1) is 0 Å². The standard InChI is InChI=1S/C48H81N3O36/c1-11(58)49-21-30(67)37(18(8-56)76-42(21)74)83-44-23(51-13(3)60)31(68)38(19(9-57)81-44)84-46-36(73)39(85-48-41(34(71)27(64)17(7-55)80-48)86-43-22(50-12(2)59)29(66)24(61)14(4-52)77-43)28(65)20(82-46)10-75-47-40(33(70)26(63)16(6-54)79-47)87-45-35(72)32(69)25(62)15(5-53)78-45/h14-48,52-57,61-74H,4-10H2,1-3H3,(H,49,58)(H,50,59)(H,51,60)/t14-,15-,16-,17-,18-,19-,20-,21-,22-,23-,24-,25-,26-,27-,28-,29-,30-,31-,32+,33+,34+,35+,36+,37-,38-,39+,40+,41+,42-,43+,44+,45-,46+,47+,48-/m1/s1. The molecule has 7 heterocycles. The first-order chi connectivity index (χ1) is 41.1. The molecule has 39 nitrogen and oxygen atoms in total. The van der Waals surface area contributed by atoms with E-state index in [9.17, 15) is 117 Å². The van der Waals surface area contributed by atoms with Gasteiger partial charge in [-0.25, -0.2) is 0 Å². The molecule has 0 saturated carbocycles. The summed E-state index contributed by atoms with van der Waals surface area (Å²) in [4.78, 5) is 37.1. The lowest BCUT2D eigenvalue weighted by atomic mass is 9.94. The average molecular weight is 1280 g/mol. The van der Waals surface area contributed by atoms with Crippen LogP contribution in [0.1, 0.15) is 20.8 Å². The van der Waals surface area contributed by atoms with Gasteiger partial charge < -0.3 is 180 Å². The molecule has 0 aliphatic carbocycles. The molecule has 0 aromatic carbocycles. The van der Waals surface area contributed by atoms with Gasteiger partial charge in [-0.3, -0.25) is 14.4 Å². The molecule has 0 spiro atoms. The van der Waals surface area contributed by atoms with Gasteiger partial charge in [0, 0.05) is 20.8 Å². The van der Waals surface area contributed by atoms with E-state index < -0.39 is 279 Å². The van der Waals surface area contributed by atoms with E-state index in [2.05, 4.69) is 16.0 Å². The van der Waals surface area contributed by atoms with Crippen LogP contribution in [0.3, 0.4) is 0 Å². The van der Waals surface area contributed by atoms with E-state index in [0.717, 1.165) is 20.8 Å². The van der Waals surface area contributed by atoms with E-state index >= 15 is 0 Å². The molecule has 0 unspecified atom stereocenters. The minimum Gasteiger partial charge on any atom is -0.394 e. The number of carbonyl (C=O) groups excluding carboxylic acids is 3. The largest absolute Gasteiger partial charge is 0.394 e. The van der Waals surface area contributed by atoms with E-state index in [4.69, 9.17) is 61.6 Å². The van der Waals surface area contributed by atoms with Crippen LogP contribution in [0, 0.1) is 0 Å². The summed E-state index contributed by atoms with van der Waals surface area (Å²) in [5, 5.41) is 225. The van der Waals surface area contributed by atoms with E-state index in [1.165, 1.54) is 0 Å². The molecule has 7 aliphatic heterocycles. The highest BCUT2D eigenvalue weighted by molar-refractivity contribution is 5.74. The zero-order valence-electron chi connectivity index (χ0n) is 46.6. The zero-order valence-corrected chi connectivity index (χ0v) is 46.6. The van der Waals surface area contributed by atoms with Crippen LogP contribution in [0.15, 0.2) is 0 Å². The monoisotopic (exact) mass is 1280 g/mol. The summed E-state index contributed by atoms with van der Waals surface area (Å²) in [7, 11) is 0. The molecule has 23 N–H and O–H groups in total. The van der Waals surface area contributed by atoms with Crippen LogP contribution in [-0.2, 0) is 76.0 Å². The predicted molar refractivity (Wildman–Crippen MR) is 267 cm³/mol. The Hall–Kier alpha value is -2.91. The van der Waals surface area contributed by atoms with Crippen molar-refractivity contribution in [3.63, 3.8) is 0 Å². The maximum atomic E-state index is 12.8. The van der Waals surface area contributed by atoms with Gasteiger partial charge in [0.1, 0.15) is 171 Å². The quantitative estimate of drug-likeness (QED) is 0.0479. The first-order valence-corrected chi connectivity index (χ1v) is 27.6. The number of hydrogen-bond donors (Lipinski definition) is 23. The lowest BCUT2D eigenvalue weighted by molar-refractivity contribution is -0.396. The smallest absolute Gasteiger partial charge is 0.217 e. The topological polar surface area (TPSA) is 612 Å². The van der Waals surface area contributed by atoms with Crippen molar-refractivity contribution in [1.29, 1.82) is 0 Å². The van der Waals surface area contributed by atoms with Crippen molar-refractivity contribution in [2.45, 2.75) is 236 Å². The van der Waals surface area contributed by atoms with Crippen molar-refractivity contribution in [1.82, 2.24) is 16.0 Å². The molecule has 504 valence electrons. The van der Waals surface area contributed by atoms with Crippen LogP contribution in [-0.4, -0.2) is 381 Å². The molecule has 39 heteroatoms. The maximum absolute atomic E-state index is 12.8. The molecule has 7 fully saturated rings. The van der Waals surface area contributed by atoms with Gasteiger partial charge in [0.2, 0.25) is 17.7 Å². The second-order valence-corrected chi connectivity index (χ2v) is 21.8. The first-order valence-electron chi connectivity index (χ1n) is 27.6. The Balaban J connectivity index is 1.23. The van der Waals surface area contributed by atoms with Gasteiger partial charge in [-0.1, -0.05) is 0 Å². The van der Waals surface area contributed by atoms with Crippen molar-refractivity contribution in [2.24, 2.45) is 0 Å². The normalized spacial score (nSPS) is 48.9. The summed E-state index contributed by atoms with van der Waals surface area (Å²) < 4.78 is 75.8. The number of aliphatic hydroxyl groups excluding tert-OH is 20. The van der Waals surface area contributed by atoms with Gasteiger partial charge in [-0.2, -0.15) is 0 Å². The Morgan fingerprint density at radius 1 is 0.299 bits per heavy atom. The van der Waals surface area contributed by atoms with Crippen molar-refractivity contribution in [3.05, 3.63) is 0 Å². The summed E-state index contributed by atoms with van der Waals surface area (Å²) in [5.74, 6) is -2.46. The molecule has 7 saturated heterocycles. The van der Waals surface area contributed by atoms with Crippen LogP contribution in [0.4, 0.5) is 0 Å². The number of amides is 3. The highest BCUT2D eigenvalue weighted by Crippen LogP contribution is 2.38. The fraction of sp³-hybridized carbons (Fsp3) is 0.938. The molecule has 3 amide bonds. The van der Waals surface area contributed by atoms with E-state index in [-0.39, 0.29) is 0 Å². The van der Waals surface area contributed by atoms with E-state index in [0.29, 0.717) is 0 Å². The SMILES string of the molecule is CC(=O)N[C@@H]1[C@@H](O)[C@H](O[C@@H]2O[C@H](CO)[C@@H](O[C@@H]3O[C@H](CO[C@H]4O[C@H](CO)[C@@H](O)[C@H](O)[C@@H]4O[C@H]4O[C@H](CO)[C@@H](O)[C@H](O)[C@@H]4O)[C@@H](O)[C@H](O[C@H]4O[C@H](CO)[C@@H](O)[C@H](O)[C@@H]4O[C@@H]4O[C@H](CO)[C@@H](O)[C@H](O)[C@H]4NC(C)=O)[C@@H]3O)[C@H](O)[C@H]2NC(C)=O)[C@@H](CO)O[C@H]1O. The van der Waals surface area contributed by atoms with Crippen LogP contribution in [0.5, 0.6) is 0 Å². The summed E-state index contributed by atoms with van der Waals surface area (Å²) in [5.41, 5.74) is 0. The molecule has 7 aliphatic rings. The Morgan fingerprint density at radius 2 is 0.632 bits per heavy atom.